The van der Waals surface area contributed by atoms with Gasteiger partial charge in [-0.15, -0.1) is 0 Å². The number of rotatable bonds is 14. The van der Waals surface area contributed by atoms with Gasteiger partial charge in [-0.1, -0.05) is 77.2 Å². The van der Waals surface area contributed by atoms with Gasteiger partial charge in [0, 0.05) is 0 Å². The number of allylic oxidation sites excluding steroid dienone is 2. The van der Waals surface area contributed by atoms with Crippen LogP contribution in [0.3, 0.4) is 0 Å². The Morgan fingerprint density at radius 2 is 1.26 bits per heavy atom. The molecule has 0 bridgehead atoms. The van der Waals surface area contributed by atoms with E-state index in [1.54, 1.807) is 0 Å². The second kappa shape index (κ2) is 12.8. The number of unbranched alkanes of at least 4 members (excludes halogenated alkanes) is 11. The summed E-state index contributed by atoms with van der Waals surface area (Å²) in [4.78, 5) is 0. The zero-order valence-corrected chi connectivity index (χ0v) is 16.2. The second-order valence-corrected chi connectivity index (χ2v) is 7.76. The van der Waals surface area contributed by atoms with Gasteiger partial charge in [-0.05, 0) is 38.8 Å². The van der Waals surface area contributed by atoms with Gasteiger partial charge in [0.2, 0.25) is 0 Å². The Labute approximate surface area is 146 Å². The molecule has 0 aromatic carbocycles. The molecule has 0 N–H and O–H groups in total. The minimum atomic E-state index is 0.698. The summed E-state index contributed by atoms with van der Waals surface area (Å²) in [5.41, 5.74) is 0. The van der Waals surface area contributed by atoms with Crippen LogP contribution in [-0.2, 0) is 0 Å². The van der Waals surface area contributed by atoms with Gasteiger partial charge >= 0.3 is 0 Å². The van der Waals surface area contributed by atoms with Gasteiger partial charge in [-0.3, -0.25) is 4.48 Å². The summed E-state index contributed by atoms with van der Waals surface area (Å²) < 4.78 is 1.16. The molecule has 0 saturated heterocycles. The molecule has 0 fully saturated rings. The molecular weight excluding hydrogens is 278 g/mol. The quantitative estimate of drug-likeness (QED) is 0.239. The molecule has 0 aromatic heterocycles. The van der Waals surface area contributed by atoms with Crippen molar-refractivity contribution in [1.82, 2.24) is 0 Å². The lowest BCUT2D eigenvalue weighted by Crippen LogP contribution is -2.49. The molecule has 1 atom stereocenters. The minimum absolute atomic E-state index is 0.698. The topological polar surface area (TPSA) is 0 Å². The molecule has 1 aliphatic rings. The first-order chi connectivity index (χ1) is 11.2. The number of hydrogen-bond acceptors (Lipinski definition) is 0. The highest BCUT2D eigenvalue weighted by atomic mass is 15.4. The van der Waals surface area contributed by atoms with Gasteiger partial charge in [0.1, 0.15) is 6.54 Å². The monoisotopic (exact) mass is 320 g/mol. The standard InChI is InChI=1S/C22H42N/c1-4-5-6-7-8-9-10-11-12-13-14-16-19-23(22(2)3)20-17-15-18-21-23/h15,17-18,20,22H,4-14,16,19,21H2,1-3H3/q+1. The first kappa shape index (κ1) is 20.5. The first-order valence-electron chi connectivity index (χ1n) is 10.4. The average Bonchev–Trinajstić information content (AvgIpc) is 2.56. The lowest BCUT2D eigenvalue weighted by molar-refractivity contribution is -0.895. The molecule has 1 rings (SSSR count). The maximum Gasteiger partial charge on any atom is 0.102 e. The highest BCUT2D eigenvalue weighted by Gasteiger charge is 2.27. The van der Waals surface area contributed by atoms with Crippen LogP contribution in [0.1, 0.15) is 97.8 Å². The first-order valence-corrected chi connectivity index (χ1v) is 10.4. The molecule has 1 heteroatoms. The van der Waals surface area contributed by atoms with Crippen molar-refractivity contribution in [1.29, 1.82) is 0 Å². The van der Waals surface area contributed by atoms with Crippen LogP contribution in [0.2, 0.25) is 0 Å². The Hall–Kier alpha value is -0.560. The van der Waals surface area contributed by atoms with Crippen LogP contribution >= 0.6 is 0 Å². The SMILES string of the molecule is CCCCCCCCCCCCCC[N+]1(C(C)C)C=CC=CC1. The van der Waals surface area contributed by atoms with E-state index in [1.165, 1.54) is 90.1 Å². The van der Waals surface area contributed by atoms with Crippen LogP contribution in [0.15, 0.2) is 24.4 Å². The molecule has 0 amide bonds. The van der Waals surface area contributed by atoms with Crippen LogP contribution in [0.4, 0.5) is 0 Å². The fourth-order valence-corrected chi connectivity index (χ4v) is 3.67. The largest absolute Gasteiger partial charge is 0.292 e. The summed E-state index contributed by atoms with van der Waals surface area (Å²) in [6, 6.07) is 0.698. The Bertz CT molecular complexity index is 329. The Morgan fingerprint density at radius 3 is 1.70 bits per heavy atom. The lowest BCUT2D eigenvalue weighted by Gasteiger charge is -2.39. The Morgan fingerprint density at radius 1 is 0.739 bits per heavy atom. The van der Waals surface area contributed by atoms with E-state index >= 15 is 0 Å². The third kappa shape index (κ3) is 8.74. The fraction of sp³-hybridized carbons (Fsp3) is 0.818. The fourth-order valence-electron chi connectivity index (χ4n) is 3.67. The van der Waals surface area contributed by atoms with E-state index in [-0.39, 0.29) is 0 Å². The van der Waals surface area contributed by atoms with Gasteiger partial charge < -0.3 is 0 Å². The van der Waals surface area contributed by atoms with Crippen molar-refractivity contribution >= 4 is 0 Å². The van der Waals surface area contributed by atoms with Gasteiger partial charge in [0.15, 0.2) is 0 Å². The minimum Gasteiger partial charge on any atom is -0.292 e. The zero-order valence-electron chi connectivity index (χ0n) is 16.2. The van der Waals surface area contributed by atoms with Crippen LogP contribution in [0, 0.1) is 0 Å². The lowest BCUT2D eigenvalue weighted by atomic mass is 10.0. The van der Waals surface area contributed by atoms with Crippen LogP contribution in [0.25, 0.3) is 0 Å². The van der Waals surface area contributed by atoms with Crippen molar-refractivity contribution in [2.24, 2.45) is 0 Å². The summed E-state index contributed by atoms with van der Waals surface area (Å²) >= 11 is 0. The molecule has 1 aliphatic heterocycles. The second-order valence-electron chi connectivity index (χ2n) is 7.76. The predicted octanol–water partition coefficient (Wildman–Crippen LogP) is 7.00. The van der Waals surface area contributed by atoms with Gasteiger partial charge in [0.05, 0.1) is 18.8 Å². The van der Waals surface area contributed by atoms with Crippen molar-refractivity contribution in [2.45, 2.75) is 104 Å². The van der Waals surface area contributed by atoms with E-state index < -0.39 is 0 Å². The summed E-state index contributed by atoms with van der Waals surface area (Å²) in [6.45, 7) is 9.53. The molecule has 1 heterocycles. The van der Waals surface area contributed by atoms with Crippen molar-refractivity contribution in [3.05, 3.63) is 24.4 Å². The normalized spacial score (nSPS) is 20.5. The number of nitrogens with zero attached hydrogens (tertiary/aromatic N) is 1. The molecule has 23 heavy (non-hydrogen) atoms. The molecule has 134 valence electrons. The van der Waals surface area contributed by atoms with Gasteiger partial charge in [-0.2, -0.15) is 0 Å². The molecule has 0 radical (unpaired) electrons. The third-order valence-corrected chi connectivity index (χ3v) is 5.53. The average molecular weight is 321 g/mol. The molecule has 0 aliphatic carbocycles. The summed E-state index contributed by atoms with van der Waals surface area (Å²) in [5.74, 6) is 0. The van der Waals surface area contributed by atoms with E-state index in [4.69, 9.17) is 0 Å². The van der Waals surface area contributed by atoms with Crippen LogP contribution in [0.5, 0.6) is 0 Å². The van der Waals surface area contributed by atoms with E-state index in [0.717, 1.165) is 4.48 Å². The summed E-state index contributed by atoms with van der Waals surface area (Å²) in [7, 11) is 0. The van der Waals surface area contributed by atoms with Crippen molar-refractivity contribution in [2.75, 3.05) is 13.1 Å². The Kier molecular flexibility index (Phi) is 11.4. The summed E-state index contributed by atoms with van der Waals surface area (Å²) in [6.07, 6.45) is 26.4. The third-order valence-electron chi connectivity index (χ3n) is 5.53. The molecule has 0 saturated carbocycles. The highest BCUT2D eigenvalue weighted by molar-refractivity contribution is 5.04. The molecule has 0 aromatic rings. The molecular formula is C22H42N+. The molecule has 0 spiro atoms. The van der Waals surface area contributed by atoms with E-state index in [0.29, 0.717) is 6.04 Å². The van der Waals surface area contributed by atoms with Crippen molar-refractivity contribution in [3.63, 3.8) is 0 Å². The summed E-state index contributed by atoms with van der Waals surface area (Å²) in [5, 5.41) is 0. The van der Waals surface area contributed by atoms with E-state index in [2.05, 4.69) is 45.2 Å². The van der Waals surface area contributed by atoms with Crippen LogP contribution in [-0.4, -0.2) is 23.6 Å². The van der Waals surface area contributed by atoms with E-state index in [1.807, 2.05) is 0 Å². The molecule has 1 unspecified atom stereocenters. The maximum absolute atomic E-state index is 2.42. The maximum atomic E-state index is 2.42. The number of hydrogen-bond donors (Lipinski definition) is 0. The number of quaternary nitrogens is 1. The highest BCUT2D eigenvalue weighted by Crippen LogP contribution is 2.21. The predicted molar refractivity (Wildman–Crippen MR) is 104 cm³/mol. The Balaban J connectivity index is 1.95. The zero-order chi connectivity index (χ0) is 16.8. The van der Waals surface area contributed by atoms with Crippen molar-refractivity contribution in [3.8, 4) is 0 Å². The smallest absolute Gasteiger partial charge is 0.102 e. The van der Waals surface area contributed by atoms with Crippen LogP contribution < -0.4 is 0 Å². The van der Waals surface area contributed by atoms with Crippen molar-refractivity contribution < 1.29 is 4.48 Å². The van der Waals surface area contributed by atoms with E-state index in [9.17, 15) is 0 Å². The van der Waals surface area contributed by atoms with Gasteiger partial charge in [-0.25, -0.2) is 0 Å². The molecule has 1 nitrogen and oxygen atoms in total. The van der Waals surface area contributed by atoms with Gasteiger partial charge in [0.25, 0.3) is 0 Å².